The summed E-state index contributed by atoms with van der Waals surface area (Å²) in [5.74, 6) is 0. The van der Waals surface area contributed by atoms with Crippen LogP contribution in [0.5, 0.6) is 0 Å². The van der Waals surface area contributed by atoms with Crippen LogP contribution in [0.4, 0.5) is 5.69 Å². The molecule has 2 aromatic carbocycles. The Bertz CT molecular complexity index is 905. The van der Waals surface area contributed by atoms with Crippen LogP contribution >= 0.6 is 0 Å². The molecule has 29 heavy (non-hydrogen) atoms. The third-order valence-corrected chi connectivity index (χ3v) is 7.49. The predicted octanol–water partition coefficient (Wildman–Crippen LogP) is -0.506. The molecule has 1 atom stereocenters. The molecule has 1 saturated heterocycles. The van der Waals surface area contributed by atoms with E-state index in [1.165, 1.54) is 15.4 Å². The third-order valence-electron chi connectivity index (χ3n) is 5.91. The number of piperazine rings is 1. The van der Waals surface area contributed by atoms with Crippen molar-refractivity contribution in [3.8, 4) is 0 Å². The zero-order chi connectivity index (χ0) is 21.0. The van der Waals surface area contributed by atoms with Gasteiger partial charge in [-0.05, 0) is 30.7 Å². The van der Waals surface area contributed by atoms with E-state index in [2.05, 4.69) is 40.9 Å². The molecule has 1 fully saturated rings. The molecule has 0 radical (unpaired) electrons. The van der Waals surface area contributed by atoms with E-state index < -0.39 is 10.0 Å². The maximum absolute atomic E-state index is 12.9. The lowest BCUT2D eigenvalue weighted by Crippen LogP contribution is -3.27. The van der Waals surface area contributed by atoms with Crippen molar-refractivity contribution in [1.29, 1.82) is 0 Å². The van der Waals surface area contributed by atoms with E-state index in [-0.39, 0.29) is 6.04 Å². The zero-order valence-electron chi connectivity index (χ0n) is 17.9. The van der Waals surface area contributed by atoms with Crippen molar-refractivity contribution in [1.82, 2.24) is 4.72 Å². The molecular formula is C22H34N4O2S+2. The van der Waals surface area contributed by atoms with Crippen LogP contribution in [0, 0.1) is 6.92 Å². The van der Waals surface area contributed by atoms with E-state index in [1.807, 2.05) is 33.2 Å². The van der Waals surface area contributed by atoms with Gasteiger partial charge in [-0.15, -0.1) is 0 Å². The smallest absolute Gasteiger partial charge is 0.241 e. The summed E-state index contributed by atoms with van der Waals surface area (Å²) in [5.41, 5.74) is 3.09. The second-order valence-corrected chi connectivity index (χ2v) is 10.0. The van der Waals surface area contributed by atoms with Gasteiger partial charge in [0.25, 0.3) is 0 Å². The molecule has 1 aliphatic rings. The minimum Gasteiger partial charge on any atom is -0.378 e. The highest BCUT2D eigenvalue weighted by Gasteiger charge is 2.31. The average molecular weight is 419 g/mol. The highest BCUT2D eigenvalue weighted by molar-refractivity contribution is 7.89. The van der Waals surface area contributed by atoms with E-state index in [0.717, 1.165) is 37.4 Å². The van der Waals surface area contributed by atoms with Crippen molar-refractivity contribution in [2.45, 2.75) is 17.9 Å². The average Bonchev–Trinajstić information content (AvgIpc) is 2.70. The lowest BCUT2D eigenvalue weighted by molar-refractivity contribution is -1.02. The molecule has 7 heteroatoms. The lowest BCUT2D eigenvalue weighted by atomic mass is 10.0. The van der Waals surface area contributed by atoms with Crippen molar-refractivity contribution >= 4 is 15.7 Å². The van der Waals surface area contributed by atoms with Crippen molar-refractivity contribution in [2.24, 2.45) is 0 Å². The fourth-order valence-corrected chi connectivity index (χ4v) is 5.27. The molecule has 6 nitrogen and oxygen atoms in total. The first kappa shape index (κ1) is 21.8. The Morgan fingerprint density at radius 3 is 2.21 bits per heavy atom. The summed E-state index contributed by atoms with van der Waals surface area (Å²) in [7, 11) is 2.73. The highest BCUT2D eigenvalue weighted by atomic mass is 32.2. The molecule has 3 N–H and O–H groups in total. The normalized spacial score (nSPS) is 21.0. The van der Waals surface area contributed by atoms with Crippen LogP contribution in [0.2, 0.25) is 0 Å². The molecule has 0 aliphatic carbocycles. The van der Waals surface area contributed by atoms with E-state index in [1.54, 1.807) is 12.1 Å². The number of aryl methyl sites for hydroxylation is 1. The fraction of sp³-hybridized carbons (Fsp3) is 0.455. The van der Waals surface area contributed by atoms with Gasteiger partial charge in [0.2, 0.25) is 10.0 Å². The second kappa shape index (κ2) is 9.26. The minimum absolute atomic E-state index is 0.0955. The molecule has 158 valence electrons. The van der Waals surface area contributed by atoms with Gasteiger partial charge in [0, 0.05) is 25.3 Å². The third kappa shape index (κ3) is 5.36. The summed E-state index contributed by atoms with van der Waals surface area (Å²) in [5, 5.41) is 0. The Balaban J connectivity index is 1.82. The standard InChI is InChI=1S/C22H32N4O2S/c1-18-7-5-6-8-22(18)29(27,28)23-17-21(26-15-13-25(4)14-16-26)19-9-11-20(12-10-19)24(2)3/h5-12,21,23H,13-17H2,1-4H3/p+2/t21-/m1/s1. The van der Waals surface area contributed by atoms with Gasteiger partial charge in [-0.1, -0.05) is 30.3 Å². The van der Waals surface area contributed by atoms with Crippen LogP contribution < -0.4 is 19.4 Å². The van der Waals surface area contributed by atoms with E-state index >= 15 is 0 Å². The molecule has 1 aliphatic heterocycles. The number of sulfonamides is 1. The molecule has 1 heterocycles. The van der Waals surface area contributed by atoms with Crippen LogP contribution in [-0.4, -0.2) is 62.3 Å². The number of hydrogen-bond acceptors (Lipinski definition) is 3. The first-order valence-corrected chi connectivity index (χ1v) is 11.7. The van der Waals surface area contributed by atoms with Gasteiger partial charge in [0.1, 0.15) is 32.2 Å². The Labute approximate surface area is 175 Å². The minimum atomic E-state index is -3.54. The van der Waals surface area contributed by atoms with Gasteiger partial charge in [-0.3, -0.25) is 0 Å². The van der Waals surface area contributed by atoms with Crippen molar-refractivity contribution < 1.29 is 18.2 Å². The Kier molecular flexibility index (Phi) is 6.95. The van der Waals surface area contributed by atoms with Crippen LogP contribution in [0.3, 0.4) is 0 Å². The predicted molar refractivity (Wildman–Crippen MR) is 117 cm³/mol. The van der Waals surface area contributed by atoms with Crippen molar-refractivity contribution in [3.05, 3.63) is 59.7 Å². The number of hydrogen-bond donors (Lipinski definition) is 3. The summed E-state index contributed by atoms with van der Waals surface area (Å²) in [6, 6.07) is 15.7. The SMILES string of the molecule is Cc1ccccc1S(=O)(=O)NC[C@H](c1ccc(N(C)C)cc1)[NH+]1CC[NH+](C)CC1. The highest BCUT2D eigenvalue weighted by Crippen LogP contribution is 2.18. The number of nitrogens with zero attached hydrogens (tertiary/aromatic N) is 1. The van der Waals surface area contributed by atoms with Crippen molar-refractivity contribution in [3.63, 3.8) is 0 Å². The number of quaternary nitrogens is 2. The number of likely N-dealkylation sites (N-methyl/N-ethyl adjacent to an activating group) is 1. The molecule has 0 unspecified atom stereocenters. The van der Waals surface area contributed by atoms with Gasteiger partial charge in [-0.25, -0.2) is 13.1 Å². The van der Waals surface area contributed by atoms with Gasteiger partial charge >= 0.3 is 0 Å². The molecule has 0 amide bonds. The van der Waals surface area contributed by atoms with Crippen LogP contribution in [0.15, 0.2) is 53.4 Å². The number of rotatable bonds is 7. The van der Waals surface area contributed by atoms with Crippen LogP contribution in [0.25, 0.3) is 0 Å². The monoisotopic (exact) mass is 418 g/mol. The number of benzene rings is 2. The topological polar surface area (TPSA) is 58.3 Å². The van der Waals surface area contributed by atoms with Gasteiger partial charge in [0.15, 0.2) is 0 Å². The lowest BCUT2D eigenvalue weighted by Gasteiger charge is -2.33. The zero-order valence-corrected chi connectivity index (χ0v) is 18.7. The maximum Gasteiger partial charge on any atom is 0.241 e. The van der Waals surface area contributed by atoms with Gasteiger partial charge in [-0.2, -0.15) is 0 Å². The molecule has 0 saturated carbocycles. The Morgan fingerprint density at radius 1 is 1.00 bits per heavy atom. The summed E-state index contributed by atoms with van der Waals surface area (Å²) in [6.07, 6.45) is 0. The second-order valence-electron chi connectivity index (χ2n) is 8.27. The van der Waals surface area contributed by atoms with E-state index in [4.69, 9.17) is 0 Å². The summed E-state index contributed by atoms with van der Waals surface area (Å²) >= 11 is 0. The molecule has 0 aromatic heterocycles. The molecular weight excluding hydrogens is 384 g/mol. The molecule has 0 bridgehead atoms. The maximum atomic E-state index is 12.9. The van der Waals surface area contributed by atoms with Gasteiger partial charge < -0.3 is 14.7 Å². The Morgan fingerprint density at radius 2 is 1.62 bits per heavy atom. The van der Waals surface area contributed by atoms with Gasteiger partial charge in [0.05, 0.1) is 18.5 Å². The van der Waals surface area contributed by atoms with Crippen LogP contribution in [-0.2, 0) is 10.0 Å². The molecule has 0 spiro atoms. The van der Waals surface area contributed by atoms with E-state index in [0.29, 0.717) is 11.4 Å². The number of nitrogens with one attached hydrogen (secondary N) is 3. The Hall–Kier alpha value is -1.93. The first-order chi connectivity index (χ1) is 13.8. The number of anilines is 1. The largest absolute Gasteiger partial charge is 0.378 e. The quantitative estimate of drug-likeness (QED) is 0.568. The van der Waals surface area contributed by atoms with E-state index in [9.17, 15) is 8.42 Å². The molecule has 3 rings (SSSR count). The molecule has 2 aromatic rings. The summed E-state index contributed by atoms with van der Waals surface area (Å²) in [4.78, 5) is 5.42. The fourth-order valence-electron chi connectivity index (χ4n) is 3.98. The van der Waals surface area contributed by atoms with Crippen molar-refractivity contribution in [2.75, 3.05) is 58.8 Å². The first-order valence-electron chi connectivity index (χ1n) is 10.3. The summed E-state index contributed by atoms with van der Waals surface area (Å²) in [6.45, 7) is 6.52. The summed E-state index contributed by atoms with van der Waals surface area (Å²) < 4.78 is 28.8. The van der Waals surface area contributed by atoms with Crippen LogP contribution in [0.1, 0.15) is 17.2 Å².